The monoisotopic (exact) mass is 239 g/mol. The number of carbonyl (C=O) groups is 1. The number of nitrogens with two attached hydrogens (primary N) is 1. The summed E-state index contributed by atoms with van der Waals surface area (Å²) in [6.45, 7) is 3.61. The zero-order valence-corrected chi connectivity index (χ0v) is 11.1. The molecule has 1 aliphatic heterocycles. The third kappa shape index (κ3) is 2.99. The van der Waals surface area contributed by atoms with E-state index in [4.69, 9.17) is 5.73 Å². The van der Waals surface area contributed by atoms with E-state index in [9.17, 15) is 4.79 Å². The molecular formula is C13H25N3O. The van der Waals surface area contributed by atoms with Crippen molar-refractivity contribution in [1.29, 1.82) is 0 Å². The lowest BCUT2D eigenvalue weighted by atomic mass is 9.96. The molecule has 0 spiro atoms. The fraction of sp³-hybridized carbons (Fsp3) is 0.923. The largest absolute Gasteiger partial charge is 0.345 e. The summed E-state index contributed by atoms with van der Waals surface area (Å²) < 4.78 is 0. The van der Waals surface area contributed by atoms with Crippen molar-refractivity contribution in [3.8, 4) is 0 Å². The van der Waals surface area contributed by atoms with Gasteiger partial charge in [0, 0.05) is 25.6 Å². The minimum absolute atomic E-state index is 0.201. The van der Waals surface area contributed by atoms with Crippen molar-refractivity contribution in [3.05, 3.63) is 0 Å². The molecule has 2 N–H and O–H groups in total. The van der Waals surface area contributed by atoms with Crippen LogP contribution in [0, 0.1) is 11.3 Å². The molecule has 1 atom stereocenters. The SMILES string of the molecule is CN1CCCC(C(=O)N(C)CC2(CN)CC2)C1. The molecule has 1 unspecified atom stereocenters. The second-order valence-electron chi connectivity index (χ2n) is 6.00. The Hall–Kier alpha value is -0.610. The molecular weight excluding hydrogens is 214 g/mol. The highest BCUT2D eigenvalue weighted by atomic mass is 16.2. The molecule has 4 heteroatoms. The molecule has 0 radical (unpaired) electrons. The number of carbonyl (C=O) groups excluding carboxylic acids is 1. The first kappa shape index (κ1) is 12.8. The van der Waals surface area contributed by atoms with Crippen molar-refractivity contribution in [3.63, 3.8) is 0 Å². The molecule has 1 heterocycles. The molecule has 1 aliphatic carbocycles. The van der Waals surface area contributed by atoms with Crippen LogP contribution in [0.4, 0.5) is 0 Å². The standard InChI is InChI=1S/C13H25N3O/c1-15-7-3-4-11(8-15)12(17)16(2)10-13(9-14)5-6-13/h11H,3-10,14H2,1-2H3. The topological polar surface area (TPSA) is 49.6 Å². The van der Waals surface area contributed by atoms with Gasteiger partial charge in [-0.25, -0.2) is 0 Å². The Balaban J connectivity index is 1.86. The first-order valence-electron chi connectivity index (χ1n) is 6.70. The predicted octanol–water partition coefficient (Wildman–Crippen LogP) is 0.526. The van der Waals surface area contributed by atoms with Crippen LogP contribution >= 0.6 is 0 Å². The maximum Gasteiger partial charge on any atom is 0.226 e. The lowest BCUT2D eigenvalue weighted by Gasteiger charge is -2.32. The van der Waals surface area contributed by atoms with Crippen molar-refractivity contribution >= 4 is 5.91 Å². The van der Waals surface area contributed by atoms with Crippen molar-refractivity contribution in [2.75, 3.05) is 40.3 Å². The second kappa shape index (κ2) is 4.94. The van der Waals surface area contributed by atoms with E-state index in [0.29, 0.717) is 5.91 Å². The summed E-state index contributed by atoms with van der Waals surface area (Å²) in [6.07, 6.45) is 4.56. The van der Waals surface area contributed by atoms with Crippen LogP contribution in [0.5, 0.6) is 0 Å². The van der Waals surface area contributed by atoms with Crippen LogP contribution in [0.1, 0.15) is 25.7 Å². The first-order valence-corrected chi connectivity index (χ1v) is 6.70. The fourth-order valence-corrected chi connectivity index (χ4v) is 2.86. The summed E-state index contributed by atoms with van der Waals surface area (Å²) in [5.41, 5.74) is 6.03. The van der Waals surface area contributed by atoms with Crippen molar-refractivity contribution in [1.82, 2.24) is 9.80 Å². The van der Waals surface area contributed by atoms with Gasteiger partial charge in [-0.3, -0.25) is 4.79 Å². The van der Waals surface area contributed by atoms with Crippen molar-refractivity contribution < 1.29 is 4.79 Å². The van der Waals surface area contributed by atoms with Crippen molar-refractivity contribution in [2.24, 2.45) is 17.1 Å². The van der Waals surface area contributed by atoms with Gasteiger partial charge in [-0.05, 0) is 45.8 Å². The summed E-state index contributed by atoms with van der Waals surface area (Å²) in [5, 5.41) is 0. The maximum atomic E-state index is 12.3. The summed E-state index contributed by atoms with van der Waals surface area (Å²) in [6, 6.07) is 0. The van der Waals surface area contributed by atoms with E-state index >= 15 is 0 Å². The number of piperidine rings is 1. The van der Waals surface area contributed by atoms with Gasteiger partial charge in [-0.15, -0.1) is 0 Å². The minimum atomic E-state index is 0.201. The van der Waals surface area contributed by atoms with Crippen LogP contribution in [-0.4, -0.2) is 56.0 Å². The molecule has 2 aliphatic rings. The molecule has 4 nitrogen and oxygen atoms in total. The molecule has 2 rings (SSSR count). The highest BCUT2D eigenvalue weighted by Crippen LogP contribution is 2.45. The quantitative estimate of drug-likeness (QED) is 0.778. The van der Waals surface area contributed by atoms with E-state index in [2.05, 4.69) is 11.9 Å². The molecule has 17 heavy (non-hydrogen) atoms. The van der Waals surface area contributed by atoms with Gasteiger partial charge in [-0.2, -0.15) is 0 Å². The number of hydrogen-bond acceptors (Lipinski definition) is 3. The van der Waals surface area contributed by atoms with Crippen LogP contribution in [0.15, 0.2) is 0 Å². The predicted molar refractivity (Wildman–Crippen MR) is 68.6 cm³/mol. The molecule has 1 saturated carbocycles. The number of hydrogen-bond donors (Lipinski definition) is 1. The number of nitrogens with zero attached hydrogens (tertiary/aromatic N) is 2. The van der Waals surface area contributed by atoms with Gasteiger partial charge in [-0.1, -0.05) is 0 Å². The Morgan fingerprint density at radius 3 is 2.76 bits per heavy atom. The maximum absolute atomic E-state index is 12.3. The molecule has 0 aromatic rings. The van der Waals surface area contributed by atoms with E-state index in [-0.39, 0.29) is 11.3 Å². The lowest BCUT2D eigenvalue weighted by molar-refractivity contribution is -0.136. The molecule has 1 saturated heterocycles. The normalized spacial score (nSPS) is 27.8. The average molecular weight is 239 g/mol. The van der Waals surface area contributed by atoms with Gasteiger partial charge in [0.2, 0.25) is 5.91 Å². The van der Waals surface area contributed by atoms with Gasteiger partial charge in [0.25, 0.3) is 0 Å². The van der Waals surface area contributed by atoms with E-state index in [1.165, 1.54) is 12.8 Å². The number of rotatable bonds is 4. The van der Waals surface area contributed by atoms with Crippen molar-refractivity contribution in [2.45, 2.75) is 25.7 Å². The Morgan fingerprint density at radius 2 is 2.24 bits per heavy atom. The van der Waals surface area contributed by atoms with E-state index in [1.807, 2.05) is 11.9 Å². The highest BCUT2D eigenvalue weighted by molar-refractivity contribution is 5.79. The zero-order chi connectivity index (χ0) is 12.5. The number of likely N-dealkylation sites (tertiary alicyclic amines) is 1. The molecule has 0 aromatic heterocycles. The van der Waals surface area contributed by atoms with Gasteiger partial charge >= 0.3 is 0 Å². The summed E-state index contributed by atoms with van der Waals surface area (Å²) in [5.74, 6) is 0.517. The van der Waals surface area contributed by atoms with Crippen LogP contribution in [0.3, 0.4) is 0 Å². The first-order chi connectivity index (χ1) is 8.06. The lowest BCUT2D eigenvalue weighted by Crippen LogP contribution is -2.44. The average Bonchev–Trinajstić information content (AvgIpc) is 3.08. The smallest absolute Gasteiger partial charge is 0.226 e. The molecule has 0 aromatic carbocycles. The van der Waals surface area contributed by atoms with Crippen LogP contribution in [0.2, 0.25) is 0 Å². The van der Waals surface area contributed by atoms with E-state index in [1.54, 1.807) is 0 Å². The molecule has 1 amide bonds. The Kier molecular flexibility index (Phi) is 3.73. The summed E-state index contributed by atoms with van der Waals surface area (Å²) >= 11 is 0. The van der Waals surface area contributed by atoms with Gasteiger partial charge in [0.15, 0.2) is 0 Å². The van der Waals surface area contributed by atoms with E-state index in [0.717, 1.165) is 39.0 Å². The molecule has 0 bridgehead atoms. The third-order valence-corrected chi connectivity index (χ3v) is 4.31. The van der Waals surface area contributed by atoms with Gasteiger partial charge in [0.1, 0.15) is 0 Å². The number of amides is 1. The fourth-order valence-electron chi connectivity index (χ4n) is 2.86. The molecule has 98 valence electrons. The van der Waals surface area contributed by atoms with E-state index < -0.39 is 0 Å². The van der Waals surface area contributed by atoms with Crippen LogP contribution < -0.4 is 5.73 Å². The van der Waals surface area contributed by atoms with Gasteiger partial charge < -0.3 is 15.5 Å². The summed E-state index contributed by atoms with van der Waals surface area (Å²) in [7, 11) is 4.04. The van der Waals surface area contributed by atoms with Gasteiger partial charge in [0.05, 0.1) is 5.92 Å². The minimum Gasteiger partial charge on any atom is -0.345 e. The van der Waals surface area contributed by atoms with Crippen LogP contribution in [-0.2, 0) is 4.79 Å². The Bertz CT molecular complexity index is 288. The zero-order valence-electron chi connectivity index (χ0n) is 11.1. The molecule has 2 fully saturated rings. The third-order valence-electron chi connectivity index (χ3n) is 4.31. The highest BCUT2D eigenvalue weighted by Gasteiger charge is 2.43. The van der Waals surface area contributed by atoms with Crippen LogP contribution in [0.25, 0.3) is 0 Å². The Morgan fingerprint density at radius 1 is 1.53 bits per heavy atom. The second-order valence-corrected chi connectivity index (χ2v) is 6.00. The Labute approximate surface area is 104 Å². The summed E-state index contributed by atoms with van der Waals surface area (Å²) in [4.78, 5) is 16.5.